The van der Waals surface area contributed by atoms with Crippen LogP contribution in [0.15, 0.2) is 36.8 Å². The molecule has 6 nitrogen and oxygen atoms in total. The van der Waals surface area contributed by atoms with Crippen molar-refractivity contribution in [1.82, 2.24) is 29.3 Å². The Labute approximate surface area is 159 Å². The van der Waals surface area contributed by atoms with Crippen LogP contribution in [0, 0.1) is 13.8 Å². The third kappa shape index (κ3) is 3.60. The van der Waals surface area contributed by atoms with Crippen LogP contribution in [0.5, 0.6) is 0 Å². The van der Waals surface area contributed by atoms with Crippen molar-refractivity contribution < 1.29 is 0 Å². The van der Waals surface area contributed by atoms with E-state index in [1.807, 2.05) is 53.8 Å². The van der Waals surface area contributed by atoms with Crippen LogP contribution in [-0.4, -0.2) is 29.3 Å². The van der Waals surface area contributed by atoms with E-state index >= 15 is 0 Å². The highest BCUT2D eigenvalue weighted by atomic mass is 15.4. The first kappa shape index (κ1) is 17.4. The third-order valence-electron chi connectivity index (χ3n) is 4.83. The number of allylic oxidation sites excluding steroid dienone is 2. The molecule has 138 valence electrons. The van der Waals surface area contributed by atoms with Gasteiger partial charge in [0.2, 0.25) is 0 Å². The average Bonchev–Trinajstić information content (AvgIpc) is 3.27. The molecule has 0 bridgehead atoms. The fourth-order valence-corrected chi connectivity index (χ4v) is 3.54. The van der Waals surface area contributed by atoms with Gasteiger partial charge < -0.3 is 4.57 Å². The van der Waals surface area contributed by atoms with E-state index in [4.69, 9.17) is 9.97 Å². The van der Waals surface area contributed by atoms with Crippen molar-refractivity contribution in [2.75, 3.05) is 0 Å². The molecule has 0 spiro atoms. The second kappa shape index (κ2) is 7.31. The molecule has 1 unspecified atom stereocenters. The molecule has 1 atom stereocenters. The number of aryl methyl sites for hydroxylation is 3. The van der Waals surface area contributed by atoms with Crippen LogP contribution in [0.4, 0.5) is 0 Å². The van der Waals surface area contributed by atoms with E-state index < -0.39 is 0 Å². The first-order valence-corrected chi connectivity index (χ1v) is 9.38. The molecule has 6 heteroatoms. The summed E-state index contributed by atoms with van der Waals surface area (Å²) in [6.45, 7) is 6.99. The predicted molar refractivity (Wildman–Crippen MR) is 107 cm³/mol. The zero-order valence-corrected chi connectivity index (χ0v) is 16.0. The number of hydrogen-bond donors (Lipinski definition) is 0. The number of nitrogens with zero attached hydrogens (tertiary/aromatic N) is 6. The van der Waals surface area contributed by atoms with Crippen LogP contribution in [0.3, 0.4) is 0 Å². The largest absolute Gasteiger partial charge is 0.304 e. The van der Waals surface area contributed by atoms with Gasteiger partial charge in [-0.1, -0.05) is 12.2 Å². The third-order valence-corrected chi connectivity index (χ3v) is 4.83. The lowest BCUT2D eigenvalue weighted by atomic mass is 9.99. The molecule has 4 heterocycles. The number of pyridine rings is 1. The number of hydrogen-bond acceptors (Lipinski definition) is 4. The van der Waals surface area contributed by atoms with E-state index in [-0.39, 0.29) is 0 Å². The zero-order chi connectivity index (χ0) is 18.8. The maximum Gasteiger partial charge on any atom is 0.174 e. The molecule has 0 radical (unpaired) electrons. The molecule has 0 saturated carbocycles. The van der Waals surface area contributed by atoms with Crippen molar-refractivity contribution in [3.8, 4) is 5.69 Å². The van der Waals surface area contributed by atoms with Gasteiger partial charge in [-0.2, -0.15) is 5.10 Å². The molecule has 0 N–H and O–H groups in total. The van der Waals surface area contributed by atoms with E-state index in [9.17, 15) is 0 Å². The quantitative estimate of drug-likeness (QED) is 0.657. The Morgan fingerprint density at radius 3 is 2.78 bits per heavy atom. The topological polar surface area (TPSA) is 61.4 Å². The second-order valence-electron chi connectivity index (χ2n) is 6.92. The molecular weight excluding hydrogens is 336 g/mol. The van der Waals surface area contributed by atoms with Gasteiger partial charge in [0.05, 0.1) is 29.1 Å². The van der Waals surface area contributed by atoms with Crippen molar-refractivity contribution in [3.05, 3.63) is 65.5 Å². The summed E-state index contributed by atoms with van der Waals surface area (Å²) in [4.78, 5) is 13.7. The van der Waals surface area contributed by atoms with Gasteiger partial charge in [0, 0.05) is 18.7 Å². The molecule has 0 amide bonds. The van der Waals surface area contributed by atoms with E-state index in [2.05, 4.69) is 35.2 Å². The first-order valence-electron chi connectivity index (χ1n) is 9.38. The van der Waals surface area contributed by atoms with Crippen molar-refractivity contribution in [2.24, 2.45) is 0 Å². The van der Waals surface area contributed by atoms with Gasteiger partial charge in [0.25, 0.3) is 0 Å². The fraction of sp³-hybridized carbons (Fsp3) is 0.333. The van der Waals surface area contributed by atoms with Crippen molar-refractivity contribution in [3.63, 3.8) is 0 Å². The van der Waals surface area contributed by atoms with Gasteiger partial charge in [-0.15, -0.1) is 0 Å². The minimum atomic E-state index is 0.372. The summed E-state index contributed by atoms with van der Waals surface area (Å²) in [5.74, 6) is 2.18. The molecule has 27 heavy (non-hydrogen) atoms. The molecule has 0 saturated heterocycles. The molecule has 0 aliphatic carbocycles. The lowest BCUT2D eigenvalue weighted by Crippen LogP contribution is -2.15. The fourth-order valence-electron chi connectivity index (χ4n) is 3.54. The Kier molecular flexibility index (Phi) is 4.71. The standard InChI is InChI=1S/C21H24N6/c1-4-6-17-7-5-12-27-21(17)24-20(25-27)11-9-18-8-10-19(16(3)23-18)26-13-15(2)22-14-26/h4,6,8-11,13-14,17H,5,7,12H2,1-3H3/b6-4+,11-9+. The summed E-state index contributed by atoms with van der Waals surface area (Å²) in [5, 5.41) is 4.63. The van der Waals surface area contributed by atoms with Crippen molar-refractivity contribution in [2.45, 2.75) is 46.1 Å². The number of fused-ring (bicyclic) bond motifs is 1. The Bertz CT molecular complexity index is 1010. The molecule has 3 aromatic heterocycles. The van der Waals surface area contributed by atoms with Crippen molar-refractivity contribution in [1.29, 1.82) is 0 Å². The minimum absolute atomic E-state index is 0.372. The van der Waals surface area contributed by atoms with Crippen LogP contribution in [0.25, 0.3) is 17.8 Å². The van der Waals surface area contributed by atoms with Gasteiger partial charge in [0.15, 0.2) is 5.82 Å². The molecule has 1 aliphatic rings. The van der Waals surface area contributed by atoms with Gasteiger partial charge in [-0.25, -0.2) is 14.6 Å². The minimum Gasteiger partial charge on any atom is -0.304 e. The number of imidazole rings is 1. The Morgan fingerprint density at radius 1 is 1.15 bits per heavy atom. The SMILES string of the molecule is C/C=C/C1CCCn2nc(/C=C/c3ccc(-n4cnc(C)c4)c(C)n3)nc21. The second-order valence-corrected chi connectivity index (χ2v) is 6.92. The normalized spacial score (nSPS) is 17.1. The highest BCUT2D eigenvalue weighted by Gasteiger charge is 2.21. The highest BCUT2D eigenvalue weighted by molar-refractivity contribution is 5.65. The van der Waals surface area contributed by atoms with Crippen LogP contribution >= 0.6 is 0 Å². The summed E-state index contributed by atoms with van der Waals surface area (Å²) in [5.41, 5.74) is 3.88. The molecule has 4 rings (SSSR count). The predicted octanol–water partition coefficient (Wildman–Crippen LogP) is 4.10. The lowest BCUT2D eigenvalue weighted by Gasteiger charge is -2.18. The molecule has 0 aromatic carbocycles. The maximum atomic E-state index is 4.73. The van der Waals surface area contributed by atoms with Gasteiger partial charge in [0.1, 0.15) is 5.82 Å². The van der Waals surface area contributed by atoms with Crippen LogP contribution in [-0.2, 0) is 6.54 Å². The Balaban J connectivity index is 1.56. The van der Waals surface area contributed by atoms with Gasteiger partial charge >= 0.3 is 0 Å². The molecule has 0 fully saturated rings. The molecular formula is C21H24N6. The molecule has 3 aromatic rings. The van der Waals surface area contributed by atoms with E-state index in [0.717, 1.165) is 53.8 Å². The summed E-state index contributed by atoms with van der Waals surface area (Å²) in [6, 6.07) is 4.07. The zero-order valence-electron chi connectivity index (χ0n) is 16.0. The van der Waals surface area contributed by atoms with Crippen molar-refractivity contribution >= 4 is 12.2 Å². The van der Waals surface area contributed by atoms with Crippen LogP contribution in [0.1, 0.15) is 54.4 Å². The van der Waals surface area contributed by atoms with Crippen LogP contribution < -0.4 is 0 Å². The molecule has 1 aliphatic heterocycles. The average molecular weight is 360 g/mol. The highest BCUT2D eigenvalue weighted by Crippen LogP contribution is 2.27. The summed E-state index contributed by atoms with van der Waals surface area (Å²) in [6.07, 6.45) is 14.3. The number of rotatable bonds is 4. The Hall–Kier alpha value is -3.02. The number of aromatic nitrogens is 6. The smallest absolute Gasteiger partial charge is 0.174 e. The monoisotopic (exact) mass is 360 g/mol. The summed E-state index contributed by atoms with van der Waals surface area (Å²) < 4.78 is 4.04. The van der Waals surface area contributed by atoms with Gasteiger partial charge in [-0.3, -0.25) is 4.98 Å². The maximum absolute atomic E-state index is 4.73. The van der Waals surface area contributed by atoms with E-state index in [1.54, 1.807) is 0 Å². The van der Waals surface area contributed by atoms with E-state index in [1.165, 1.54) is 0 Å². The first-order chi connectivity index (χ1) is 13.1. The van der Waals surface area contributed by atoms with Gasteiger partial charge in [-0.05, 0) is 57.9 Å². The lowest BCUT2D eigenvalue weighted by molar-refractivity contribution is 0.451. The summed E-state index contributed by atoms with van der Waals surface area (Å²) in [7, 11) is 0. The van der Waals surface area contributed by atoms with Crippen LogP contribution in [0.2, 0.25) is 0 Å². The Morgan fingerprint density at radius 2 is 2.04 bits per heavy atom. The van der Waals surface area contributed by atoms with E-state index in [0.29, 0.717) is 5.92 Å². The summed E-state index contributed by atoms with van der Waals surface area (Å²) >= 11 is 0.